The van der Waals surface area contributed by atoms with Gasteiger partial charge in [0.05, 0.1) is 0 Å². The Morgan fingerprint density at radius 2 is 2.18 bits per heavy atom. The van der Waals surface area contributed by atoms with Crippen LogP contribution in [0.2, 0.25) is 0 Å². The molecule has 0 aromatic heterocycles. The van der Waals surface area contributed by atoms with Crippen LogP contribution < -0.4 is 10.7 Å². The van der Waals surface area contributed by atoms with E-state index in [9.17, 15) is 14.4 Å². The van der Waals surface area contributed by atoms with Crippen molar-refractivity contribution in [3.63, 3.8) is 0 Å². The fourth-order valence-corrected chi connectivity index (χ4v) is 2.08. The molecule has 8 heteroatoms. The molecule has 0 bridgehead atoms. The summed E-state index contributed by atoms with van der Waals surface area (Å²) in [6.45, 7) is 1.51. The number of nitrogens with one attached hydrogen (secondary N) is 2. The van der Waals surface area contributed by atoms with Gasteiger partial charge in [0.2, 0.25) is 5.91 Å². The van der Waals surface area contributed by atoms with Crippen LogP contribution in [0.3, 0.4) is 0 Å². The first-order chi connectivity index (χ1) is 10.5. The van der Waals surface area contributed by atoms with Crippen molar-refractivity contribution in [1.82, 2.24) is 5.43 Å². The van der Waals surface area contributed by atoms with Gasteiger partial charge < -0.3 is 10.1 Å². The third-order valence-electron chi connectivity index (χ3n) is 2.93. The quantitative estimate of drug-likeness (QED) is 0.788. The number of esters is 1. The minimum absolute atomic E-state index is 0.102. The highest BCUT2D eigenvalue weighted by molar-refractivity contribution is 9.10. The minimum Gasteiger partial charge on any atom is -0.451 e. The number of amides is 2. The molecule has 22 heavy (non-hydrogen) atoms. The highest BCUT2D eigenvalue weighted by Gasteiger charge is 2.20. The average molecular weight is 368 g/mol. The summed E-state index contributed by atoms with van der Waals surface area (Å²) < 4.78 is 5.73. The number of rotatable bonds is 4. The highest BCUT2D eigenvalue weighted by atomic mass is 79.9. The molecule has 2 rings (SSSR count). The Labute approximate surface area is 135 Å². The maximum Gasteiger partial charge on any atom is 0.355 e. The van der Waals surface area contributed by atoms with Crippen molar-refractivity contribution < 1.29 is 19.1 Å². The summed E-state index contributed by atoms with van der Waals surface area (Å²) in [5.74, 6) is -1.41. The number of aryl methyl sites for hydroxylation is 1. The van der Waals surface area contributed by atoms with Crippen molar-refractivity contribution in [1.29, 1.82) is 0 Å². The van der Waals surface area contributed by atoms with Crippen molar-refractivity contribution in [2.24, 2.45) is 5.10 Å². The van der Waals surface area contributed by atoms with E-state index in [4.69, 9.17) is 4.74 Å². The number of ether oxygens (including phenoxy) is 1. The number of hydrogen-bond donors (Lipinski definition) is 2. The zero-order chi connectivity index (χ0) is 16.1. The molecule has 0 spiro atoms. The molecule has 0 fully saturated rings. The number of carbonyl (C=O) groups is 3. The fourth-order valence-electron chi connectivity index (χ4n) is 1.70. The van der Waals surface area contributed by atoms with Crippen molar-refractivity contribution in [2.75, 3.05) is 11.9 Å². The molecule has 1 aliphatic heterocycles. The Hall–Kier alpha value is -2.22. The van der Waals surface area contributed by atoms with E-state index in [0.717, 1.165) is 10.0 Å². The molecule has 0 aliphatic carbocycles. The zero-order valence-electron chi connectivity index (χ0n) is 11.8. The zero-order valence-corrected chi connectivity index (χ0v) is 13.4. The monoisotopic (exact) mass is 367 g/mol. The lowest BCUT2D eigenvalue weighted by Crippen LogP contribution is -2.32. The summed E-state index contributed by atoms with van der Waals surface area (Å²) in [4.78, 5) is 34.3. The molecule has 0 atom stereocenters. The lowest BCUT2D eigenvalue weighted by molar-refractivity contribution is -0.140. The number of hydrazone groups is 1. The molecule has 7 nitrogen and oxygen atoms in total. The van der Waals surface area contributed by atoms with E-state index >= 15 is 0 Å². The van der Waals surface area contributed by atoms with Crippen LogP contribution in [-0.4, -0.2) is 30.1 Å². The van der Waals surface area contributed by atoms with Gasteiger partial charge in [-0.25, -0.2) is 10.2 Å². The summed E-state index contributed by atoms with van der Waals surface area (Å²) in [5, 5.41) is 6.22. The Balaban J connectivity index is 1.83. The highest BCUT2D eigenvalue weighted by Crippen LogP contribution is 2.20. The van der Waals surface area contributed by atoms with Gasteiger partial charge in [-0.2, -0.15) is 5.10 Å². The summed E-state index contributed by atoms with van der Waals surface area (Å²) in [5.41, 5.74) is 3.94. The number of hydrogen-bond acceptors (Lipinski definition) is 5. The van der Waals surface area contributed by atoms with Gasteiger partial charge in [-0.3, -0.25) is 9.59 Å². The third-order valence-corrected chi connectivity index (χ3v) is 3.78. The van der Waals surface area contributed by atoms with Crippen molar-refractivity contribution in [3.05, 3.63) is 28.2 Å². The predicted molar refractivity (Wildman–Crippen MR) is 83.3 cm³/mol. The molecule has 0 unspecified atom stereocenters. The maximum absolute atomic E-state index is 11.7. The van der Waals surface area contributed by atoms with Crippen LogP contribution in [0.25, 0.3) is 0 Å². The molecule has 2 N–H and O–H groups in total. The van der Waals surface area contributed by atoms with Gasteiger partial charge in [-0.15, -0.1) is 0 Å². The topological polar surface area (TPSA) is 96.9 Å². The van der Waals surface area contributed by atoms with Crippen LogP contribution in [-0.2, 0) is 19.1 Å². The average Bonchev–Trinajstić information content (AvgIpc) is 2.49. The van der Waals surface area contributed by atoms with Crippen molar-refractivity contribution >= 4 is 45.1 Å². The molecule has 2 amide bonds. The number of benzene rings is 1. The lowest BCUT2D eigenvalue weighted by Gasteiger charge is -2.11. The number of halogens is 1. The second kappa shape index (κ2) is 7.17. The standard InChI is InChI=1S/C14H14BrN3O4/c1-8-2-3-9(6-10(8)15)16-13(20)7-22-14(21)11-4-5-12(19)18-17-11/h2-3,6H,4-5,7H2,1H3,(H,16,20)(H,18,19). The van der Waals surface area contributed by atoms with Crippen molar-refractivity contribution in [3.8, 4) is 0 Å². The molecule has 1 aromatic carbocycles. The molecule has 0 radical (unpaired) electrons. The molecule has 0 saturated heterocycles. The maximum atomic E-state index is 11.7. The van der Waals surface area contributed by atoms with Gasteiger partial charge in [-0.05, 0) is 24.6 Å². The molecular formula is C14H14BrN3O4. The Bertz CT molecular complexity index is 657. The smallest absolute Gasteiger partial charge is 0.355 e. The van der Waals surface area contributed by atoms with Gasteiger partial charge in [0.15, 0.2) is 6.61 Å². The number of anilines is 1. The van der Waals surface area contributed by atoms with E-state index in [1.165, 1.54) is 0 Å². The number of carbonyl (C=O) groups excluding carboxylic acids is 3. The summed E-state index contributed by atoms with van der Waals surface area (Å²) >= 11 is 3.37. The largest absolute Gasteiger partial charge is 0.451 e. The second-order valence-corrected chi connectivity index (χ2v) is 5.54. The van der Waals surface area contributed by atoms with E-state index in [0.29, 0.717) is 5.69 Å². The van der Waals surface area contributed by atoms with Crippen LogP contribution >= 0.6 is 15.9 Å². The fraction of sp³-hybridized carbons (Fsp3) is 0.286. The molecule has 1 heterocycles. The lowest BCUT2D eigenvalue weighted by atomic mass is 10.2. The normalized spacial score (nSPS) is 13.9. The van der Waals surface area contributed by atoms with E-state index in [2.05, 4.69) is 31.8 Å². The first kappa shape index (κ1) is 16.2. The van der Waals surface area contributed by atoms with Crippen LogP contribution in [0.4, 0.5) is 5.69 Å². The molecule has 116 valence electrons. The summed E-state index contributed by atoms with van der Waals surface area (Å²) in [6, 6.07) is 5.36. The van der Waals surface area contributed by atoms with E-state index in [-0.39, 0.29) is 24.5 Å². The van der Waals surface area contributed by atoms with Gasteiger partial charge >= 0.3 is 5.97 Å². The van der Waals surface area contributed by atoms with Crippen molar-refractivity contribution in [2.45, 2.75) is 19.8 Å². The predicted octanol–water partition coefficient (Wildman–Crippen LogP) is 1.51. The van der Waals surface area contributed by atoms with Gasteiger partial charge in [0, 0.05) is 23.0 Å². The molecule has 0 saturated carbocycles. The van der Waals surface area contributed by atoms with Crippen LogP contribution in [0.1, 0.15) is 18.4 Å². The molecule has 1 aromatic rings. The minimum atomic E-state index is -0.708. The van der Waals surface area contributed by atoms with E-state index in [1.54, 1.807) is 12.1 Å². The van der Waals surface area contributed by atoms with Gasteiger partial charge in [-0.1, -0.05) is 22.0 Å². The molecule has 1 aliphatic rings. The SMILES string of the molecule is Cc1ccc(NC(=O)COC(=O)C2=NNC(=O)CC2)cc1Br. The Morgan fingerprint density at radius 3 is 2.82 bits per heavy atom. The second-order valence-electron chi connectivity index (χ2n) is 4.68. The molecular weight excluding hydrogens is 354 g/mol. The summed E-state index contributed by atoms with van der Waals surface area (Å²) in [7, 11) is 0. The Kier molecular flexibility index (Phi) is 5.26. The van der Waals surface area contributed by atoms with E-state index in [1.807, 2.05) is 13.0 Å². The Morgan fingerprint density at radius 1 is 1.41 bits per heavy atom. The van der Waals surface area contributed by atoms with Gasteiger partial charge in [0.25, 0.3) is 5.91 Å². The van der Waals surface area contributed by atoms with Crippen LogP contribution in [0.15, 0.2) is 27.8 Å². The van der Waals surface area contributed by atoms with Gasteiger partial charge in [0.1, 0.15) is 5.71 Å². The summed E-state index contributed by atoms with van der Waals surface area (Å²) in [6.07, 6.45) is 0.384. The van der Waals surface area contributed by atoms with Crippen LogP contribution in [0.5, 0.6) is 0 Å². The third kappa shape index (κ3) is 4.39. The number of nitrogens with zero attached hydrogens (tertiary/aromatic N) is 1. The van der Waals surface area contributed by atoms with E-state index < -0.39 is 18.5 Å². The first-order valence-electron chi connectivity index (χ1n) is 6.54. The first-order valence-corrected chi connectivity index (χ1v) is 7.33. The van der Waals surface area contributed by atoms with Crippen LogP contribution in [0, 0.1) is 6.92 Å².